The summed E-state index contributed by atoms with van der Waals surface area (Å²) in [6, 6.07) is 16.4. The van der Waals surface area contributed by atoms with Gasteiger partial charge in [0.2, 0.25) is 0 Å². The molecular weight excluding hydrogens is 296 g/mol. The molecular formula is C17H18N2O2S. The molecule has 0 bridgehead atoms. The average Bonchev–Trinajstić information content (AvgIpc) is 3.34. The van der Waals surface area contributed by atoms with Crippen LogP contribution in [0.1, 0.15) is 24.0 Å². The van der Waals surface area contributed by atoms with Crippen LogP contribution in [0.15, 0.2) is 64.6 Å². The summed E-state index contributed by atoms with van der Waals surface area (Å²) in [5.74, 6) is 0.350. The van der Waals surface area contributed by atoms with Crippen molar-refractivity contribution in [3.05, 3.63) is 65.7 Å². The van der Waals surface area contributed by atoms with E-state index in [1.165, 1.54) is 0 Å². The molecule has 1 saturated carbocycles. The maximum absolute atomic E-state index is 12.3. The normalized spacial score (nSPS) is 15.6. The number of rotatable bonds is 5. The Hall–Kier alpha value is -2.14. The highest BCUT2D eigenvalue weighted by atomic mass is 32.2. The number of hydrogen-bond donors (Lipinski definition) is 1. The Kier molecular flexibility index (Phi) is 3.98. The Morgan fingerprint density at radius 2 is 1.68 bits per heavy atom. The Morgan fingerprint density at radius 3 is 2.27 bits per heavy atom. The predicted octanol–water partition coefficient (Wildman–Crippen LogP) is 3.09. The number of hydrazone groups is 1. The zero-order valence-electron chi connectivity index (χ0n) is 12.4. The van der Waals surface area contributed by atoms with Gasteiger partial charge in [-0.05, 0) is 37.5 Å². The molecule has 0 saturated heterocycles. The van der Waals surface area contributed by atoms with E-state index >= 15 is 0 Å². The second kappa shape index (κ2) is 5.93. The monoisotopic (exact) mass is 314 g/mol. The summed E-state index contributed by atoms with van der Waals surface area (Å²) in [6.45, 7) is 1.92. The van der Waals surface area contributed by atoms with Crippen LogP contribution in [0, 0.1) is 12.8 Å². The fraction of sp³-hybridized carbons (Fsp3) is 0.235. The van der Waals surface area contributed by atoms with Gasteiger partial charge in [0.05, 0.1) is 10.6 Å². The minimum Gasteiger partial charge on any atom is -0.200 e. The van der Waals surface area contributed by atoms with E-state index < -0.39 is 10.0 Å². The molecule has 0 amide bonds. The standard InChI is InChI=1S/C17H18N2O2S/c1-13-7-11-16(12-8-13)22(20,21)19-18-17(15-9-10-15)14-5-3-2-4-6-14/h2-8,11-12,15,19H,9-10H2,1H3/b18-17-. The molecule has 0 radical (unpaired) electrons. The van der Waals surface area contributed by atoms with Crippen LogP contribution in [0.2, 0.25) is 0 Å². The van der Waals surface area contributed by atoms with E-state index in [0.29, 0.717) is 5.92 Å². The fourth-order valence-electron chi connectivity index (χ4n) is 2.24. The molecule has 1 aliphatic carbocycles. The van der Waals surface area contributed by atoms with E-state index in [1.54, 1.807) is 24.3 Å². The van der Waals surface area contributed by atoms with Crippen LogP contribution in [0.5, 0.6) is 0 Å². The van der Waals surface area contributed by atoms with E-state index in [1.807, 2.05) is 37.3 Å². The first-order valence-electron chi connectivity index (χ1n) is 7.28. The molecule has 5 heteroatoms. The SMILES string of the molecule is Cc1ccc(S(=O)(=O)N/N=C(/c2ccccc2)C2CC2)cc1. The minimum atomic E-state index is -3.62. The number of nitrogens with zero attached hydrogens (tertiary/aromatic N) is 1. The molecule has 0 heterocycles. The van der Waals surface area contributed by atoms with Crippen molar-refractivity contribution in [1.29, 1.82) is 0 Å². The van der Waals surface area contributed by atoms with Crippen LogP contribution >= 0.6 is 0 Å². The van der Waals surface area contributed by atoms with Crippen LogP contribution in [0.3, 0.4) is 0 Å². The summed E-state index contributed by atoms with van der Waals surface area (Å²) in [6.07, 6.45) is 2.11. The van der Waals surface area contributed by atoms with Crippen molar-refractivity contribution in [2.75, 3.05) is 0 Å². The van der Waals surface area contributed by atoms with Gasteiger partial charge in [-0.3, -0.25) is 0 Å². The van der Waals surface area contributed by atoms with E-state index in [2.05, 4.69) is 9.93 Å². The van der Waals surface area contributed by atoms with Crippen molar-refractivity contribution >= 4 is 15.7 Å². The summed E-state index contributed by atoms with van der Waals surface area (Å²) in [7, 11) is -3.62. The molecule has 0 aromatic heterocycles. The largest absolute Gasteiger partial charge is 0.276 e. The van der Waals surface area contributed by atoms with Crippen molar-refractivity contribution in [3.63, 3.8) is 0 Å². The Labute approximate surface area is 130 Å². The van der Waals surface area contributed by atoms with Crippen molar-refractivity contribution in [2.24, 2.45) is 11.0 Å². The maximum Gasteiger partial charge on any atom is 0.276 e. The predicted molar refractivity (Wildman–Crippen MR) is 87.2 cm³/mol. The highest BCUT2D eigenvalue weighted by Crippen LogP contribution is 2.33. The highest BCUT2D eigenvalue weighted by molar-refractivity contribution is 7.89. The molecule has 1 N–H and O–H groups in total. The van der Waals surface area contributed by atoms with Crippen molar-refractivity contribution < 1.29 is 8.42 Å². The van der Waals surface area contributed by atoms with Crippen LogP contribution in [-0.2, 0) is 10.0 Å². The molecule has 1 fully saturated rings. The molecule has 0 unspecified atom stereocenters. The third kappa shape index (κ3) is 3.36. The molecule has 0 aliphatic heterocycles. The van der Waals surface area contributed by atoms with E-state index in [4.69, 9.17) is 0 Å². The Bertz CT molecular complexity index is 777. The first-order valence-corrected chi connectivity index (χ1v) is 8.76. The van der Waals surface area contributed by atoms with Gasteiger partial charge < -0.3 is 0 Å². The first kappa shape index (κ1) is 14.8. The lowest BCUT2D eigenvalue weighted by Gasteiger charge is -2.08. The average molecular weight is 314 g/mol. The van der Waals surface area contributed by atoms with Crippen molar-refractivity contribution in [3.8, 4) is 0 Å². The highest BCUT2D eigenvalue weighted by Gasteiger charge is 2.29. The first-order chi connectivity index (χ1) is 10.6. The van der Waals surface area contributed by atoms with Gasteiger partial charge in [-0.2, -0.15) is 18.4 Å². The zero-order valence-corrected chi connectivity index (χ0v) is 13.2. The van der Waals surface area contributed by atoms with E-state index in [-0.39, 0.29) is 4.90 Å². The molecule has 2 aromatic rings. The van der Waals surface area contributed by atoms with Gasteiger partial charge in [-0.15, -0.1) is 0 Å². The second-order valence-electron chi connectivity index (χ2n) is 5.55. The van der Waals surface area contributed by atoms with Gasteiger partial charge in [0.15, 0.2) is 0 Å². The van der Waals surface area contributed by atoms with Gasteiger partial charge in [0.1, 0.15) is 0 Å². The van der Waals surface area contributed by atoms with Crippen molar-refractivity contribution in [1.82, 2.24) is 4.83 Å². The van der Waals surface area contributed by atoms with Gasteiger partial charge in [0.25, 0.3) is 10.0 Å². The number of sulfonamides is 1. The minimum absolute atomic E-state index is 0.227. The van der Waals surface area contributed by atoms with Gasteiger partial charge in [-0.25, -0.2) is 0 Å². The fourth-order valence-corrected chi connectivity index (χ4v) is 3.05. The zero-order chi connectivity index (χ0) is 15.6. The van der Waals surface area contributed by atoms with E-state index in [9.17, 15) is 8.42 Å². The summed E-state index contributed by atoms with van der Waals surface area (Å²) in [5, 5.41) is 4.21. The molecule has 22 heavy (non-hydrogen) atoms. The topological polar surface area (TPSA) is 58.5 Å². The van der Waals surface area contributed by atoms with Crippen LogP contribution in [-0.4, -0.2) is 14.1 Å². The molecule has 114 valence electrons. The molecule has 4 nitrogen and oxygen atoms in total. The molecule has 2 aromatic carbocycles. The smallest absolute Gasteiger partial charge is 0.200 e. The number of benzene rings is 2. The van der Waals surface area contributed by atoms with Gasteiger partial charge in [-0.1, -0.05) is 48.0 Å². The quantitative estimate of drug-likeness (QED) is 0.681. The van der Waals surface area contributed by atoms with Crippen molar-refractivity contribution in [2.45, 2.75) is 24.7 Å². The third-order valence-electron chi connectivity index (χ3n) is 3.65. The summed E-state index contributed by atoms with van der Waals surface area (Å²) in [5.41, 5.74) is 2.80. The van der Waals surface area contributed by atoms with Gasteiger partial charge >= 0.3 is 0 Å². The number of aryl methyl sites for hydroxylation is 1. The Morgan fingerprint density at radius 1 is 1.05 bits per heavy atom. The molecule has 0 spiro atoms. The van der Waals surface area contributed by atoms with Crippen LogP contribution < -0.4 is 4.83 Å². The number of nitrogens with one attached hydrogen (secondary N) is 1. The summed E-state index contributed by atoms with van der Waals surface area (Å²) < 4.78 is 24.6. The van der Waals surface area contributed by atoms with E-state index in [0.717, 1.165) is 29.7 Å². The lowest BCUT2D eigenvalue weighted by molar-refractivity contribution is 0.584. The molecule has 0 atom stereocenters. The van der Waals surface area contributed by atoms with Gasteiger partial charge in [0, 0.05) is 5.92 Å². The Balaban J connectivity index is 1.86. The molecule has 3 rings (SSSR count). The lowest BCUT2D eigenvalue weighted by atomic mass is 10.1. The van der Waals surface area contributed by atoms with Crippen LogP contribution in [0.25, 0.3) is 0 Å². The molecule has 1 aliphatic rings. The third-order valence-corrected chi connectivity index (χ3v) is 4.88. The lowest BCUT2D eigenvalue weighted by Crippen LogP contribution is -2.21. The van der Waals surface area contributed by atoms with Crippen LogP contribution in [0.4, 0.5) is 0 Å². The summed E-state index contributed by atoms with van der Waals surface area (Å²) in [4.78, 5) is 2.60. The number of hydrogen-bond acceptors (Lipinski definition) is 3. The second-order valence-corrected chi connectivity index (χ2v) is 7.21. The maximum atomic E-state index is 12.3. The summed E-state index contributed by atoms with van der Waals surface area (Å²) >= 11 is 0.